The van der Waals surface area contributed by atoms with Crippen molar-refractivity contribution in [1.82, 2.24) is 20.4 Å². The van der Waals surface area contributed by atoms with Gasteiger partial charge in [0, 0.05) is 59.5 Å². The second-order valence-electron chi connectivity index (χ2n) is 5.82. The Kier molecular flexibility index (Phi) is 9.66. The van der Waals surface area contributed by atoms with Crippen molar-refractivity contribution in [3.8, 4) is 0 Å². The summed E-state index contributed by atoms with van der Waals surface area (Å²) in [5.74, 6) is 0.00301. The van der Waals surface area contributed by atoms with E-state index in [1.807, 2.05) is 4.90 Å². The number of nitrogens with one attached hydrogen (secondary N) is 2. The standard InChI is InChI=1S/C16H32N4O3/c1-14(2)19-7-9-20(10-8-19)16(21)15(17-3)13-23-12-6-18-5-11-22-4/h13-14,17-18H,5-12H2,1-4H3/b15-13-. The van der Waals surface area contributed by atoms with E-state index in [0.717, 1.165) is 39.3 Å². The second kappa shape index (κ2) is 11.3. The van der Waals surface area contributed by atoms with Gasteiger partial charge >= 0.3 is 0 Å². The van der Waals surface area contributed by atoms with Gasteiger partial charge in [-0.25, -0.2) is 0 Å². The van der Waals surface area contributed by atoms with Gasteiger partial charge in [0.25, 0.3) is 5.91 Å². The SMILES string of the molecule is CN/C(=C\OCCNCCOC)C(=O)N1CCN(C(C)C)CC1. The van der Waals surface area contributed by atoms with Crippen molar-refractivity contribution in [1.29, 1.82) is 0 Å². The molecular formula is C16H32N4O3. The highest BCUT2D eigenvalue weighted by molar-refractivity contribution is 5.92. The highest BCUT2D eigenvalue weighted by Gasteiger charge is 2.24. The van der Waals surface area contributed by atoms with Crippen molar-refractivity contribution >= 4 is 5.91 Å². The maximum Gasteiger partial charge on any atom is 0.273 e. The number of amides is 1. The Morgan fingerprint density at radius 3 is 2.39 bits per heavy atom. The molecule has 0 atom stereocenters. The topological polar surface area (TPSA) is 66.1 Å². The molecule has 0 bridgehead atoms. The lowest BCUT2D eigenvalue weighted by molar-refractivity contribution is -0.129. The summed E-state index contributed by atoms with van der Waals surface area (Å²) in [5, 5.41) is 6.12. The maximum atomic E-state index is 12.5. The van der Waals surface area contributed by atoms with Crippen LogP contribution >= 0.6 is 0 Å². The van der Waals surface area contributed by atoms with Crippen LogP contribution < -0.4 is 10.6 Å². The number of hydrogen-bond acceptors (Lipinski definition) is 6. The quantitative estimate of drug-likeness (QED) is 0.330. The molecule has 0 radical (unpaired) electrons. The van der Waals surface area contributed by atoms with Gasteiger partial charge in [0.1, 0.15) is 12.0 Å². The number of piperazine rings is 1. The van der Waals surface area contributed by atoms with Gasteiger partial charge in [-0.3, -0.25) is 9.69 Å². The zero-order chi connectivity index (χ0) is 17.1. The minimum atomic E-state index is 0.00301. The number of carbonyl (C=O) groups excluding carboxylic acids is 1. The van der Waals surface area contributed by atoms with Crippen LogP contribution in [0, 0.1) is 0 Å². The van der Waals surface area contributed by atoms with Crippen molar-refractivity contribution < 1.29 is 14.3 Å². The van der Waals surface area contributed by atoms with Gasteiger partial charge in [0.05, 0.1) is 13.2 Å². The van der Waals surface area contributed by atoms with E-state index in [4.69, 9.17) is 9.47 Å². The molecule has 0 aromatic carbocycles. The Morgan fingerprint density at radius 2 is 1.83 bits per heavy atom. The minimum Gasteiger partial charge on any atom is -0.498 e. The van der Waals surface area contributed by atoms with Gasteiger partial charge in [-0.1, -0.05) is 0 Å². The average Bonchev–Trinajstić information content (AvgIpc) is 2.57. The third-order valence-electron chi connectivity index (χ3n) is 3.91. The summed E-state index contributed by atoms with van der Waals surface area (Å²) in [6, 6.07) is 0.528. The normalized spacial score (nSPS) is 16.7. The third kappa shape index (κ3) is 7.20. The lowest BCUT2D eigenvalue weighted by Crippen LogP contribution is -2.51. The van der Waals surface area contributed by atoms with Crippen molar-refractivity contribution in [2.45, 2.75) is 19.9 Å². The van der Waals surface area contributed by atoms with Crippen LogP contribution in [0.4, 0.5) is 0 Å². The molecule has 1 saturated heterocycles. The predicted molar refractivity (Wildman–Crippen MR) is 91.1 cm³/mol. The number of likely N-dealkylation sites (N-methyl/N-ethyl adjacent to an activating group) is 1. The molecular weight excluding hydrogens is 296 g/mol. The lowest BCUT2D eigenvalue weighted by Gasteiger charge is -2.37. The zero-order valence-corrected chi connectivity index (χ0v) is 14.9. The fraction of sp³-hybridized carbons (Fsp3) is 0.812. The summed E-state index contributed by atoms with van der Waals surface area (Å²) in [6.07, 6.45) is 1.52. The molecule has 7 heteroatoms. The van der Waals surface area contributed by atoms with Crippen LogP contribution in [-0.4, -0.2) is 88.4 Å². The molecule has 7 nitrogen and oxygen atoms in total. The number of methoxy groups -OCH3 is 1. The van der Waals surface area contributed by atoms with E-state index in [0.29, 0.717) is 25.0 Å². The van der Waals surface area contributed by atoms with Crippen LogP contribution in [0.2, 0.25) is 0 Å². The molecule has 134 valence electrons. The molecule has 0 aromatic rings. The highest BCUT2D eigenvalue weighted by Crippen LogP contribution is 2.08. The summed E-state index contributed by atoms with van der Waals surface area (Å²) in [7, 11) is 3.42. The Hall–Kier alpha value is -1.31. The second-order valence-corrected chi connectivity index (χ2v) is 5.82. The third-order valence-corrected chi connectivity index (χ3v) is 3.91. The number of carbonyl (C=O) groups is 1. The Balaban J connectivity index is 2.32. The van der Waals surface area contributed by atoms with Crippen molar-refractivity contribution in [2.75, 3.05) is 66.6 Å². The lowest BCUT2D eigenvalue weighted by atomic mass is 10.2. The molecule has 2 N–H and O–H groups in total. The minimum absolute atomic E-state index is 0.00301. The van der Waals surface area contributed by atoms with E-state index in [1.165, 1.54) is 6.26 Å². The van der Waals surface area contributed by atoms with E-state index >= 15 is 0 Å². The van der Waals surface area contributed by atoms with E-state index < -0.39 is 0 Å². The maximum absolute atomic E-state index is 12.5. The summed E-state index contributed by atoms with van der Waals surface area (Å²) >= 11 is 0. The summed E-state index contributed by atoms with van der Waals surface area (Å²) in [5.41, 5.74) is 0.500. The van der Waals surface area contributed by atoms with E-state index in [-0.39, 0.29) is 5.91 Å². The Morgan fingerprint density at radius 1 is 1.17 bits per heavy atom. The molecule has 0 saturated carbocycles. The van der Waals surface area contributed by atoms with Gasteiger partial charge in [-0.05, 0) is 13.8 Å². The molecule has 1 amide bonds. The molecule has 1 rings (SSSR count). The molecule has 1 aliphatic heterocycles. The van der Waals surface area contributed by atoms with E-state index in [1.54, 1.807) is 14.2 Å². The monoisotopic (exact) mass is 328 g/mol. The fourth-order valence-corrected chi connectivity index (χ4v) is 2.40. The summed E-state index contributed by atoms with van der Waals surface area (Å²) < 4.78 is 10.4. The summed E-state index contributed by atoms with van der Waals surface area (Å²) in [4.78, 5) is 16.7. The molecule has 0 spiro atoms. The Bertz CT molecular complexity index is 366. The Labute approximate surface area is 140 Å². The van der Waals surface area contributed by atoms with Crippen LogP contribution in [0.15, 0.2) is 12.0 Å². The van der Waals surface area contributed by atoms with Crippen LogP contribution in [0.1, 0.15) is 13.8 Å². The number of hydrogen-bond donors (Lipinski definition) is 2. The molecule has 0 aromatic heterocycles. The smallest absolute Gasteiger partial charge is 0.273 e. The van der Waals surface area contributed by atoms with Gasteiger partial charge in [-0.15, -0.1) is 0 Å². The number of nitrogens with zero attached hydrogens (tertiary/aromatic N) is 2. The first-order valence-corrected chi connectivity index (χ1v) is 8.32. The van der Waals surface area contributed by atoms with Crippen LogP contribution in [-0.2, 0) is 14.3 Å². The fourth-order valence-electron chi connectivity index (χ4n) is 2.40. The highest BCUT2D eigenvalue weighted by atomic mass is 16.5. The van der Waals surface area contributed by atoms with Crippen LogP contribution in [0.3, 0.4) is 0 Å². The molecule has 0 unspecified atom stereocenters. The van der Waals surface area contributed by atoms with Crippen LogP contribution in [0.25, 0.3) is 0 Å². The molecule has 0 aliphatic carbocycles. The first-order valence-electron chi connectivity index (χ1n) is 8.32. The van der Waals surface area contributed by atoms with Gasteiger partial charge in [0.2, 0.25) is 0 Å². The molecule has 23 heavy (non-hydrogen) atoms. The van der Waals surface area contributed by atoms with Crippen LogP contribution in [0.5, 0.6) is 0 Å². The molecule has 1 heterocycles. The summed E-state index contributed by atoms with van der Waals surface area (Å²) in [6.45, 7) is 10.4. The molecule has 1 aliphatic rings. The van der Waals surface area contributed by atoms with E-state index in [9.17, 15) is 4.79 Å². The van der Waals surface area contributed by atoms with Gasteiger partial charge < -0.3 is 25.0 Å². The average molecular weight is 328 g/mol. The zero-order valence-electron chi connectivity index (χ0n) is 14.9. The first-order chi connectivity index (χ1) is 11.1. The van der Waals surface area contributed by atoms with E-state index in [2.05, 4.69) is 29.4 Å². The first kappa shape index (κ1) is 19.7. The number of ether oxygens (including phenoxy) is 2. The van der Waals surface area contributed by atoms with Gasteiger partial charge in [0.15, 0.2) is 0 Å². The largest absolute Gasteiger partial charge is 0.498 e. The van der Waals surface area contributed by atoms with Gasteiger partial charge in [-0.2, -0.15) is 0 Å². The molecule has 1 fully saturated rings. The van der Waals surface area contributed by atoms with Crippen molar-refractivity contribution in [3.05, 3.63) is 12.0 Å². The van der Waals surface area contributed by atoms with Crippen molar-refractivity contribution in [2.24, 2.45) is 0 Å². The van der Waals surface area contributed by atoms with Crippen molar-refractivity contribution in [3.63, 3.8) is 0 Å². The number of rotatable bonds is 10. The predicted octanol–water partition coefficient (Wildman–Crippen LogP) is -0.148.